The van der Waals surface area contributed by atoms with E-state index < -0.39 is 0 Å². The zero-order valence-electron chi connectivity index (χ0n) is 11.5. The minimum Gasteiger partial charge on any atom is -0.468 e. The number of benzene rings is 1. The highest BCUT2D eigenvalue weighted by molar-refractivity contribution is 9.10. The van der Waals surface area contributed by atoms with Crippen LogP contribution in [-0.4, -0.2) is 23.8 Å². The molecule has 2 aromatic rings. The maximum Gasteiger partial charge on any atom is 0.164 e. The molecule has 0 saturated carbocycles. The van der Waals surface area contributed by atoms with Crippen molar-refractivity contribution in [3.8, 4) is 0 Å². The van der Waals surface area contributed by atoms with Crippen LogP contribution in [0.2, 0.25) is 0 Å². The van der Waals surface area contributed by atoms with Gasteiger partial charge in [0.1, 0.15) is 5.76 Å². The highest BCUT2D eigenvalue weighted by Gasteiger charge is 2.10. The average molecular weight is 336 g/mol. The Morgan fingerprint density at radius 2 is 2.00 bits per heavy atom. The van der Waals surface area contributed by atoms with E-state index in [4.69, 9.17) is 4.42 Å². The zero-order chi connectivity index (χ0) is 14.4. The fraction of sp³-hybridized carbons (Fsp3) is 0.312. The third kappa shape index (κ3) is 4.32. The highest BCUT2D eigenvalue weighted by Crippen LogP contribution is 2.13. The lowest BCUT2D eigenvalue weighted by Gasteiger charge is -2.18. The van der Waals surface area contributed by atoms with Crippen LogP contribution in [0.15, 0.2) is 51.6 Å². The molecule has 3 nitrogen and oxygen atoms in total. The molecule has 1 aromatic carbocycles. The maximum absolute atomic E-state index is 12.1. The first-order valence-electron chi connectivity index (χ1n) is 6.72. The summed E-state index contributed by atoms with van der Waals surface area (Å²) in [6.45, 7) is 4.48. The molecule has 20 heavy (non-hydrogen) atoms. The van der Waals surface area contributed by atoms with Crippen LogP contribution in [0.3, 0.4) is 0 Å². The molecule has 0 spiro atoms. The molecule has 0 aliphatic carbocycles. The van der Waals surface area contributed by atoms with E-state index in [1.54, 1.807) is 6.26 Å². The zero-order valence-corrected chi connectivity index (χ0v) is 13.1. The van der Waals surface area contributed by atoms with E-state index in [-0.39, 0.29) is 5.78 Å². The van der Waals surface area contributed by atoms with Gasteiger partial charge in [0, 0.05) is 23.0 Å². The van der Waals surface area contributed by atoms with Gasteiger partial charge in [0.05, 0.1) is 12.8 Å². The van der Waals surface area contributed by atoms with Crippen LogP contribution in [0.25, 0.3) is 0 Å². The van der Waals surface area contributed by atoms with Crippen LogP contribution in [0.4, 0.5) is 0 Å². The average Bonchev–Trinajstić information content (AvgIpc) is 2.96. The van der Waals surface area contributed by atoms with Gasteiger partial charge in [0.2, 0.25) is 0 Å². The van der Waals surface area contributed by atoms with Crippen LogP contribution in [-0.2, 0) is 6.54 Å². The summed E-state index contributed by atoms with van der Waals surface area (Å²) in [5.41, 5.74) is 0.766. The van der Waals surface area contributed by atoms with Crippen LogP contribution < -0.4 is 0 Å². The number of halogens is 1. The molecule has 4 heteroatoms. The smallest absolute Gasteiger partial charge is 0.164 e. The number of hydrogen-bond acceptors (Lipinski definition) is 3. The van der Waals surface area contributed by atoms with Crippen LogP contribution in [0, 0.1) is 0 Å². The highest BCUT2D eigenvalue weighted by atomic mass is 79.9. The van der Waals surface area contributed by atoms with Crippen molar-refractivity contribution >= 4 is 21.7 Å². The lowest BCUT2D eigenvalue weighted by atomic mass is 10.1. The molecule has 0 N–H and O–H groups in total. The van der Waals surface area contributed by atoms with E-state index in [0.717, 1.165) is 35.4 Å². The summed E-state index contributed by atoms with van der Waals surface area (Å²) in [4.78, 5) is 14.3. The number of ketones is 1. The second-order valence-corrected chi connectivity index (χ2v) is 5.54. The molecule has 0 amide bonds. The molecule has 0 unspecified atom stereocenters. The van der Waals surface area contributed by atoms with Gasteiger partial charge in [-0.15, -0.1) is 0 Å². The van der Waals surface area contributed by atoms with Crippen molar-refractivity contribution in [2.24, 2.45) is 0 Å². The standard InChI is InChI=1S/C16H18BrNO2/c1-2-18(12-15-4-3-11-20-15)10-9-16(19)13-5-7-14(17)8-6-13/h3-8,11H,2,9-10,12H2,1H3. The molecule has 0 bridgehead atoms. The number of carbonyl (C=O) groups excluding carboxylic acids is 1. The number of furan rings is 1. The molecule has 0 radical (unpaired) electrons. The van der Waals surface area contributed by atoms with Gasteiger partial charge in [0.25, 0.3) is 0 Å². The Kier molecular flexibility index (Phi) is 5.56. The Bertz CT molecular complexity index is 534. The Balaban J connectivity index is 1.86. The number of carbonyl (C=O) groups is 1. The van der Waals surface area contributed by atoms with Crippen molar-refractivity contribution < 1.29 is 9.21 Å². The largest absolute Gasteiger partial charge is 0.468 e. The first-order chi connectivity index (χ1) is 9.69. The minimum absolute atomic E-state index is 0.176. The molecule has 106 valence electrons. The molecule has 0 aliphatic rings. The summed E-state index contributed by atoms with van der Waals surface area (Å²) in [5, 5.41) is 0. The molecule has 0 saturated heterocycles. The first-order valence-corrected chi connectivity index (χ1v) is 7.52. The normalized spacial score (nSPS) is 10.9. The lowest BCUT2D eigenvalue weighted by molar-refractivity contribution is 0.0961. The first kappa shape index (κ1) is 15.0. The van der Waals surface area contributed by atoms with Crippen molar-refractivity contribution in [1.29, 1.82) is 0 Å². The van der Waals surface area contributed by atoms with Crippen LogP contribution in [0.1, 0.15) is 29.5 Å². The quantitative estimate of drug-likeness (QED) is 0.713. The minimum atomic E-state index is 0.176. The lowest BCUT2D eigenvalue weighted by Crippen LogP contribution is -2.25. The molecular weight excluding hydrogens is 318 g/mol. The molecule has 0 fully saturated rings. The fourth-order valence-electron chi connectivity index (χ4n) is 2.01. The summed E-state index contributed by atoms with van der Waals surface area (Å²) in [6.07, 6.45) is 2.20. The van der Waals surface area contributed by atoms with Crippen molar-refractivity contribution in [3.63, 3.8) is 0 Å². The van der Waals surface area contributed by atoms with Gasteiger partial charge in [-0.05, 0) is 30.8 Å². The summed E-state index contributed by atoms with van der Waals surface area (Å²) in [7, 11) is 0. The van der Waals surface area contributed by atoms with E-state index in [2.05, 4.69) is 27.8 Å². The number of rotatable bonds is 7. The van der Waals surface area contributed by atoms with Gasteiger partial charge in [-0.3, -0.25) is 9.69 Å². The van der Waals surface area contributed by atoms with E-state index in [0.29, 0.717) is 6.42 Å². The van der Waals surface area contributed by atoms with Gasteiger partial charge in [-0.25, -0.2) is 0 Å². The Hall–Kier alpha value is -1.39. The fourth-order valence-corrected chi connectivity index (χ4v) is 2.28. The van der Waals surface area contributed by atoms with E-state index in [1.165, 1.54) is 0 Å². The summed E-state index contributed by atoms with van der Waals surface area (Å²) >= 11 is 3.37. The van der Waals surface area contributed by atoms with Gasteiger partial charge in [-0.2, -0.15) is 0 Å². The summed E-state index contributed by atoms with van der Waals surface area (Å²) < 4.78 is 6.33. The van der Waals surface area contributed by atoms with Crippen molar-refractivity contribution in [2.45, 2.75) is 19.9 Å². The Morgan fingerprint density at radius 1 is 1.25 bits per heavy atom. The van der Waals surface area contributed by atoms with Crippen molar-refractivity contribution in [3.05, 3.63) is 58.5 Å². The van der Waals surface area contributed by atoms with Gasteiger partial charge in [0.15, 0.2) is 5.78 Å². The Labute approximate surface area is 127 Å². The number of nitrogens with zero attached hydrogens (tertiary/aromatic N) is 1. The van der Waals surface area contributed by atoms with E-state index in [1.807, 2.05) is 36.4 Å². The monoisotopic (exact) mass is 335 g/mol. The van der Waals surface area contributed by atoms with Gasteiger partial charge in [-0.1, -0.05) is 35.0 Å². The SMILES string of the molecule is CCN(CCC(=O)c1ccc(Br)cc1)Cc1ccco1. The van der Waals surface area contributed by atoms with Crippen molar-refractivity contribution in [1.82, 2.24) is 4.90 Å². The molecule has 1 aromatic heterocycles. The van der Waals surface area contributed by atoms with Crippen molar-refractivity contribution in [2.75, 3.05) is 13.1 Å². The van der Waals surface area contributed by atoms with Gasteiger partial charge < -0.3 is 4.42 Å². The third-order valence-electron chi connectivity index (χ3n) is 3.23. The predicted molar refractivity (Wildman–Crippen MR) is 82.7 cm³/mol. The maximum atomic E-state index is 12.1. The van der Waals surface area contributed by atoms with E-state index >= 15 is 0 Å². The Morgan fingerprint density at radius 3 is 2.60 bits per heavy atom. The predicted octanol–water partition coefficient (Wildman–Crippen LogP) is 4.14. The van der Waals surface area contributed by atoms with Crippen LogP contribution in [0.5, 0.6) is 0 Å². The molecule has 2 rings (SSSR count). The van der Waals surface area contributed by atoms with Crippen LogP contribution >= 0.6 is 15.9 Å². The number of Topliss-reactive ketones (excluding diaryl/α,β-unsaturated/α-hetero) is 1. The third-order valence-corrected chi connectivity index (χ3v) is 3.76. The van der Waals surface area contributed by atoms with E-state index in [9.17, 15) is 4.79 Å². The second kappa shape index (κ2) is 7.41. The second-order valence-electron chi connectivity index (χ2n) is 4.63. The van der Waals surface area contributed by atoms with Gasteiger partial charge >= 0.3 is 0 Å². The molecular formula is C16H18BrNO2. The topological polar surface area (TPSA) is 33.5 Å². The molecule has 0 aliphatic heterocycles. The molecule has 1 heterocycles. The number of hydrogen-bond donors (Lipinski definition) is 0. The summed E-state index contributed by atoms with van der Waals surface area (Å²) in [6, 6.07) is 11.3. The summed E-state index contributed by atoms with van der Waals surface area (Å²) in [5.74, 6) is 1.11. The molecule has 0 atom stereocenters.